The van der Waals surface area contributed by atoms with Gasteiger partial charge in [0.05, 0.1) is 0 Å². The number of amides is 1. The normalized spacial score (nSPS) is 26.0. The van der Waals surface area contributed by atoms with Crippen LogP contribution >= 0.6 is 0 Å². The van der Waals surface area contributed by atoms with Crippen LogP contribution in [0.2, 0.25) is 0 Å². The summed E-state index contributed by atoms with van der Waals surface area (Å²) in [7, 11) is 0. The van der Waals surface area contributed by atoms with Gasteiger partial charge >= 0.3 is 0 Å². The number of nitrogens with zero attached hydrogens (tertiary/aromatic N) is 2. The molecule has 3 aliphatic rings. The average Bonchev–Trinajstić information content (AvgIpc) is 2.77. The van der Waals surface area contributed by atoms with Crippen LogP contribution in [-0.2, 0) is 42.3 Å². The van der Waals surface area contributed by atoms with Crippen LogP contribution in [0, 0.1) is 17.3 Å². The Morgan fingerprint density at radius 2 is 1.32 bits per heavy atom. The van der Waals surface area contributed by atoms with E-state index in [2.05, 4.69) is 10.2 Å². The second kappa shape index (κ2) is 15.1. The Morgan fingerprint density at radius 1 is 0.857 bits per heavy atom. The molecule has 1 spiro atoms. The molecule has 0 unspecified atom stereocenters. The molecule has 0 atom stereocenters. The summed E-state index contributed by atoms with van der Waals surface area (Å²) in [6, 6.07) is 0. The van der Waals surface area contributed by atoms with Crippen molar-refractivity contribution in [3.63, 3.8) is 0 Å². The van der Waals surface area contributed by atoms with Crippen LogP contribution in [0.25, 0.3) is 5.32 Å². The van der Waals surface area contributed by atoms with Crippen LogP contribution < -0.4 is 0 Å². The van der Waals surface area contributed by atoms with Gasteiger partial charge in [-0.2, -0.15) is 0 Å². The maximum Gasteiger partial charge on any atom is 0.225 e. The molecule has 0 aromatic rings. The fraction of sp³-hybridized carbons (Fsp3) is 0.913. The van der Waals surface area contributed by atoms with Crippen molar-refractivity contribution in [3.05, 3.63) is 5.32 Å². The van der Waals surface area contributed by atoms with Gasteiger partial charge in [0.15, 0.2) is 0 Å². The van der Waals surface area contributed by atoms with Crippen molar-refractivity contribution in [2.45, 2.75) is 92.4 Å². The second-order valence-corrected chi connectivity index (χ2v) is 7.86. The largest absolute Gasteiger partial charge is 0.662 e. The van der Waals surface area contributed by atoms with Gasteiger partial charge in [0, 0.05) is 64.1 Å². The smallest absolute Gasteiger partial charge is 0.225 e. The fourth-order valence-electron chi connectivity index (χ4n) is 4.78. The van der Waals surface area contributed by atoms with E-state index in [1.807, 2.05) is 34.6 Å². The summed E-state index contributed by atoms with van der Waals surface area (Å²) in [5, 5.41) is 4.47. The van der Waals surface area contributed by atoms with Crippen LogP contribution in [0.4, 0.5) is 0 Å². The first-order valence-electron chi connectivity index (χ1n) is 11.6. The van der Waals surface area contributed by atoms with Crippen molar-refractivity contribution in [2.75, 3.05) is 26.2 Å². The summed E-state index contributed by atoms with van der Waals surface area (Å²) >= 11 is 0. The molecule has 5 heteroatoms. The van der Waals surface area contributed by atoms with Crippen molar-refractivity contribution in [3.8, 4) is 0 Å². The zero-order valence-electron chi connectivity index (χ0n) is 19.1. The first-order chi connectivity index (χ1) is 13.1. The SMILES string of the molecule is CC.CC.CCC(=O)C1CCC(C(=O)N2CCC3(CC[N-]CC3)CC2)CC1.[Y]. The molecule has 2 aliphatic heterocycles. The molecule has 0 N–H and O–H groups in total. The van der Waals surface area contributed by atoms with Crippen LogP contribution in [0.3, 0.4) is 0 Å². The van der Waals surface area contributed by atoms with E-state index >= 15 is 0 Å². The van der Waals surface area contributed by atoms with Crippen LogP contribution in [0.5, 0.6) is 0 Å². The monoisotopic (exact) mass is 468 g/mol. The number of Topliss-reactive ketones (excluding diaryl/α,β-unsaturated/α-hetero) is 1. The van der Waals surface area contributed by atoms with E-state index in [4.69, 9.17) is 0 Å². The van der Waals surface area contributed by atoms with Gasteiger partial charge < -0.3 is 10.2 Å². The van der Waals surface area contributed by atoms with Crippen molar-refractivity contribution in [1.82, 2.24) is 4.90 Å². The van der Waals surface area contributed by atoms with Crippen molar-refractivity contribution in [2.24, 2.45) is 17.3 Å². The number of carbonyl (C=O) groups excluding carboxylic acids is 2. The number of ketones is 1. The molecule has 0 aromatic carbocycles. The molecule has 0 bridgehead atoms. The van der Waals surface area contributed by atoms with Crippen molar-refractivity contribution in [1.29, 1.82) is 0 Å². The van der Waals surface area contributed by atoms with E-state index in [0.717, 1.165) is 64.7 Å². The molecule has 1 radical (unpaired) electrons. The molecule has 1 saturated carbocycles. The summed E-state index contributed by atoms with van der Waals surface area (Å²) in [5.41, 5.74) is 0.476. The van der Waals surface area contributed by atoms with Crippen molar-refractivity contribution < 1.29 is 42.3 Å². The molecule has 1 amide bonds. The number of hydrogen-bond donors (Lipinski definition) is 0. The first kappa shape index (κ1) is 28.2. The Bertz CT molecular complexity index is 432. The average molecular weight is 469 g/mol. The van der Waals surface area contributed by atoms with Gasteiger partial charge in [0.1, 0.15) is 5.78 Å². The predicted octanol–water partition coefficient (Wildman–Crippen LogP) is 5.60. The minimum Gasteiger partial charge on any atom is -0.662 e. The third kappa shape index (κ3) is 7.80. The van der Waals surface area contributed by atoms with E-state index in [-0.39, 0.29) is 44.5 Å². The predicted molar refractivity (Wildman–Crippen MR) is 114 cm³/mol. The van der Waals surface area contributed by atoms with Gasteiger partial charge in [-0.1, -0.05) is 47.5 Å². The summed E-state index contributed by atoms with van der Waals surface area (Å²) in [6.45, 7) is 13.9. The maximum absolute atomic E-state index is 12.8. The molecule has 3 fully saturated rings. The molecule has 3 rings (SSSR count). The van der Waals surface area contributed by atoms with Gasteiger partial charge in [0.2, 0.25) is 5.91 Å². The summed E-state index contributed by atoms with van der Waals surface area (Å²) in [4.78, 5) is 26.7. The number of piperidine rings is 2. The molecule has 1 aliphatic carbocycles. The Balaban J connectivity index is 0.00000137. The molecule has 0 aromatic heterocycles. The molecule has 2 saturated heterocycles. The fourth-order valence-corrected chi connectivity index (χ4v) is 4.78. The minimum absolute atomic E-state index is 0. The number of carbonyl (C=O) groups is 2. The van der Waals surface area contributed by atoms with E-state index in [1.54, 1.807) is 0 Å². The van der Waals surface area contributed by atoms with E-state index in [1.165, 1.54) is 12.8 Å². The molecule has 4 nitrogen and oxygen atoms in total. The summed E-state index contributed by atoms with van der Waals surface area (Å²) in [5.74, 6) is 1.15. The van der Waals surface area contributed by atoms with Gasteiger partial charge in [-0.25, -0.2) is 0 Å². The Labute approximate surface area is 199 Å². The second-order valence-electron chi connectivity index (χ2n) is 7.86. The maximum atomic E-state index is 12.8. The van der Waals surface area contributed by atoms with E-state index < -0.39 is 0 Å². The van der Waals surface area contributed by atoms with Gasteiger partial charge in [-0.3, -0.25) is 9.59 Å². The molecule has 2 heterocycles. The number of hydrogen-bond acceptors (Lipinski definition) is 2. The first-order valence-corrected chi connectivity index (χ1v) is 11.6. The van der Waals surface area contributed by atoms with E-state index in [0.29, 0.717) is 23.5 Å². The third-order valence-corrected chi connectivity index (χ3v) is 6.62. The quantitative estimate of drug-likeness (QED) is 0.542. The van der Waals surface area contributed by atoms with Gasteiger partial charge in [0.25, 0.3) is 0 Å². The zero-order chi connectivity index (χ0) is 20.3. The molecule has 28 heavy (non-hydrogen) atoms. The summed E-state index contributed by atoms with van der Waals surface area (Å²) in [6.07, 6.45) is 9.08. The van der Waals surface area contributed by atoms with Gasteiger partial charge in [-0.05, 0) is 43.9 Å². The van der Waals surface area contributed by atoms with Crippen LogP contribution in [0.1, 0.15) is 92.4 Å². The molecular weight excluding hydrogens is 425 g/mol. The molecule has 161 valence electrons. The van der Waals surface area contributed by atoms with Crippen LogP contribution in [0.15, 0.2) is 0 Å². The minimum atomic E-state index is 0. The Hall–Kier alpha value is 0.204. The Kier molecular flexibility index (Phi) is 15.2. The summed E-state index contributed by atoms with van der Waals surface area (Å²) < 4.78 is 0. The van der Waals surface area contributed by atoms with Crippen LogP contribution in [-0.4, -0.2) is 42.8 Å². The standard InChI is InChI=1S/C19H31N2O2.2C2H6.Y/c1-2-17(22)15-3-5-16(6-4-15)18(23)21-13-9-19(10-14-21)7-11-20-12-8-19;2*1-2;/h15-16H,2-14H2,1H3;2*1-2H3;/q-1;;;. The van der Waals surface area contributed by atoms with Crippen molar-refractivity contribution >= 4 is 11.7 Å². The Morgan fingerprint density at radius 3 is 1.79 bits per heavy atom. The van der Waals surface area contributed by atoms with E-state index in [9.17, 15) is 9.59 Å². The topological polar surface area (TPSA) is 51.5 Å². The zero-order valence-corrected chi connectivity index (χ0v) is 22.0. The number of rotatable bonds is 3. The third-order valence-electron chi connectivity index (χ3n) is 6.62. The molecular formula is C23H43N2O2Y-. The van der Waals surface area contributed by atoms with Gasteiger partial charge in [-0.15, -0.1) is 13.1 Å². The number of likely N-dealkylation sites (tertiary alicyclic amines) is 1.